The maximum Gasteiger partial charge on any atom is 0.254 e. The van der Waals surface area contributed by atoms with Gasteiger partial charge in [-0.05, 0) is 31.4 Å². The molecule has 1 atom stereocenters. The number of likely N-dealkylation sites (tertiary alicyclic amines) is 2. The van der Waals surface area contributed by atoms with Crippen molar-refractivity contribution in [2.75, 3.05) is 47.5 Å². The van der Waals surface area contributed by atoms with Crippen molar-refractivity contribution in [1.82, 2.24) is 9.80 Å². The monoisotopic (exact) mass is 348 g/mol. The van der Waals surface area contributed by atoms with Crippen molar-refractivity contribution in [2.45, 2.75) is 31.4 Å². The summed E-state index contributed by atoms with van der Waals surface area (Å²) in [5, 5.41) is 0. The van der Waals surface area contributed by atoms with Crippen LogP contribution in [0.1, 0.15) is 29.6 Å². The van der Waals surface area contributed by atoms with Gasteiger partial charge in [-0.15, -0.1) is 0 Å². The maximum absolute atomic E-state index is 12.8. The summed E-state index contributed by atoms with van der Waals surface area (Å²) < 4.78 is 16.0. The Morgan fingerprint density at radius 3 is 2.12 bits per heavy atom. The number of piperidine rings is 1. The third-order valence-corrected chi connectivity index (χ3v) is 5.38. The van der Waals surface area contributed by atoms with Gasteiger partial charge in [0.15, 0.2) is 0 Å². The van der Waals surface area contributed by atoms with Crippen LogP contribution in [0.2, 0.25) is 0 Å². The molecule has 1 unspecified atom stereocenters. The zero-order chi connectivity index (χ0) is 17.8. The second kappa shape index (κ2) is 8.06. The third kappa shape index (κ3) is 4.07. The molecule has 2 aliphatic heterocycles. The lowest BCUT2D eigenvalue weighted by Crippen LogP contribution is -2.46. The lowest BCUT2D eigenvalue weighted by atomic mass is 10.0. The Morgan fingerprint density at radius 2 is 1.60 bits per heavy atom. The smallest absolute Gasteiger partial charge is 0.254 e. The minimum atomic E-state index is 0.0480. The van der Waals surface area contributed by atoms with E-state index in [1.807, 2.05) is 4.90 Å². The Balaban J connectivity index is 1.60. The molecular weight excluding hydrogens is 320 g/mol. The highest BCUT2D eigenvalue weighted by molar-refractivity contribution is 5.95. The molecule has 2 aliphatic rings. The second-order valence-corrected chi connectivity index (χ2v) is 6.77. The molecule has 0 aliphatic carbocycles. The summed E-state index contributed by atoms with van der Waals surface area (Å²) in [6.07, 6.45) is 3.51. The number of rotatable bonds is 5. The molecule has 2 heterocycles. The van der Waals surface area contributed by atoms with Gasteiger partial charge < -0.3 is 19.1 Å². The summed E-state index contributed by atoms with van der Waals surface area (Å²) in [5.41, 5.74) is 0.621. The van der Waals surface area contributed by atoms with E-state index in [0.717, 1.165) is 45.4 Å². The lowest BCUT2D eigenvalue weighted by molar-refractivity contribution is 0.0602. The first kappa shape index (κ1) is 18.0. The molecule has 1 aromatic rings. The van der Waals surface area contributed by atoms with E-state index >= 15 is 0 Å². The number of benzene rings is 1. The summed E-state index contributed by atoms with van der Waals surface area (Å²) in [5.74, 6) is 1.33. The third-order valence-electron chi connectivity index (χ3n) is 5.38. The molecule has 0 bridgehead atoms. The largest absolute Gasteiger partial charge is 0.497 e. The summed E-state index contributed by atoms with van der Waals surface area (Å²) in [7, 11) is 4.98. The summed E-state index contributed by atoms with van der Waals surface area (Å²) in [6.45, 7) is 3.70. The fourth-order valence-corrected chi connectivity index (χ4v) is 3.83. The van der Waals surface area contributed by atoms with Gasteiger partial charge in [-0.1, -0.05) is 0 Å². The minimum Gasteiger partial charge on any atom is -0.497 e. The number of hydrogen-bond acceptors (Lipinski definition) is 5. The van der Waals surface area contributed by atoms with Crippen LogP contribution >= 0.6 is 0 Å². The van der Waals surface area contributed by atoms with E-state index in [2.05, 4.69) is 4.90 Å². The number of carbonyl (C=O) groups is 1. The van der Waals surface area contributed by atoms with Crippen LogP contribution in [-0.4, -0.2) is 75.4 Å². The predicted molar refractivity (Wildman–Crippen MR) is 95.5 cm³/mol. The predicted octanol–water partition coefficient (Wildman–Crippen LogP) is 2.03. The van der Waals surface area contributed by atoms with Gasteiger partial charge in [-0.3, -0.25) is 9.69 Å². The highest BCUT2D eigenvalue weighted by Crippen LogP contribution is 2.26. The fourth-order valence-electron chi connectivity index (χ4n) is 3.83. The highest BCUT2D eigenvalue weighted by Gasteiger charge is 2.32. The molecule has 0 radical (unpaired) electrons. The van der Waals surface area contributed by atoms with Crippen molar-refractivity contribution in [3.8, 4) is 11.5 Å². The molecule has 0 saturated carbocycles. The van der Waals surface area contributed by atoms with Gasteiger partial charge in [0, 0.05) is 51.0 Å². The molecule has 3 rings (SSSR count). The number of hydrogen-bond donors (Lipinski definition) is 0. The molecule has 1 amide bonds. The SMILES string of the molecule is COc1cc(OC)cc(C(=O)N2CCC(N3CCC(OC)C3)CC2)c1. The molecule has 6 nitrogen and oxygen atoms in total. The molecule has 1 aromatic carbocycles. The first-order chi connectivity index (χ1) is 12.1. The molecule has 138 valence electrons. The van der Waals surface area contributed by atoms with Crippen LogP contribution in [0.5, 0.6) is 11.5 Å². The molecule has 2 fully saturated rings. The number of ether oxygens (including phenoxy) is 3. The first-order valence-electron chi connectivity index (χ1n) is 8.93. The van der Waals surface area contributed by atoms with Crippen molar-refractivity contribution in [1.29, 1.82) is 0 Å². The second-order valence-electron chi connectivity index (χ2n) is 6.77. The zero-order valence-corrected chi connectivity index (χ0v) is 15.4. The van der Waals surface area contributed by atoms with Crippen LogP contribution in [0, 0.1) is 0 Å². The van der Waals surface area contributed by atoms with E-state index in [4.69, 9.17) is 14.2 Å². The Kier molecular flexibility index (Phi) is 5.81. The quantitative estimate of drug-likeness (QED) is 0.815. The number of nitrogens with zero attached hydrogens (tertiary/aromatic N) is 2. The van der Waals surface area contributed by atoms with E-state index in [9.17, 15) is 4.79 Å². The topological polar surface area (TPSA) is 51.2 Å². The number of methoxy groups -OCH3 is 3. The van der Waals surface area contributed by atoms with E-state index in [-0.39, 0.29) is 5.91 Å². The van der Waals surface area contributed by atoms with Crippen molar-refractivity contribution >= 4 is 5.91 Å². The van der Waals surface area contributed by atoms with E-state index in [0.29, 0.717) is 29.2 Å². The molecule has 0 N–H and O–H groups in total. The Bertz CT molecular complexity index is 577. The van der Waals surface area contributed by atoms with Crippen molar-refractivity contribution in [2.24, 2.45) is 0 Å². The highest BCUT2D eigenvalue weighted by atomic mass is 16.5. The maximum atomic E-state index is 12.8. The first-order valence-corrected chi connectivity index (χ1v) is 8.93. The Labute approximate surface area is 149 Å². The Hall–Kier alpha value is -1.79. The van der Waals surface area contributed by atoms with Crippen LogP contribution in [0.25, 0.3) is 0 Å². The molecule has 25 heavy (non-hydrogen) atoms. The van der Waals surface area contributed by atoms with E-state index in [1.165, 1.54) is 0 Å². The summed E-state index contributed by atoms with van der Waals surface area (Å²) in [6, 6.07) is 5.90. The van der Waals surface area contributed by atoms with Gasteiger partial charge in [-0.25, -0.2) is 0 Å². The van der Waals surface area contributed by atoms with Gasteiger partial charge >= 0.3 is 0 Å². The number of carbonyl (C=O) groups excluding carboxylic acids is 1. The van der Waals surface area contributed by atoms with Crippen LogP contribution in [-0.2, 0) is 4.74 Å². The van der Waals surface area contributed by atoms with Crippen LogP contribution < -0.4 is 9.47 Å². The van der Waals surface area contributed by atoms with Gasteiger partial charge in [0.2, 0.25) is 0 Å². The average molecular weight is 348 g/mol. The minimum absolute atomic E-state index is 0.0480. The molecule has 6 heteroatoms. The molecule has 0 aromatic heterocycles. The number of amides is 1. The van der Waals surface area contributed by atoms with E-state index < -0.39 is 0 Å². The fraction of sp³-hybridized carbons (Fsp3) is 0.632. The van der Waals surface area contributed by atoms with Crippen molar-refractivity contribution < 1.29 is 19.0 Å². The molecule has 2 saturated heterocycles. The zero-order valence-electron chi connectivity index (χ0n) is 15.4. The van der Waals surface area contributed by atoms with Crippen LogP contribution in [0.3, 0.4) is 0 Å². The normalized spacial score (nSPS) is 22.2. The van der Waals surface area contributed by atoms with E-state index in [1.54, 1.807) is 39.5 Å². The summed E-state index contributed by atoms with van der Waals surface area (Å²) in [4.78, 5) is 17.3. The van der Waals surface area contributed by atoms with Crippen LogP contribution in [0.4, 0.5) is 0 Å². The standard InChI is InChI=1S/C19H28N2O4/c1-23-16-6-9-21(13-16)15-4-7-20(8-5-15)19(22)14-10-17(24-2)12-18(11-14)25-3/h10-12,15-16H,4-9,13H2,1-3H3. The van der Waals surface area contributed by atoms with Gasteiger partial charge in [-0.2, -0.15) is 0 Å². The van der Waals surface area contributed by atoms with Gasteiger partial charge in [0.25, 0.3) is 5.91 Å². The van der Waals surface area contributed by atoms with Gasteiger partial charge in [0.1, 0.15) is 11.5 Å². The van der Waals surface area contributed by atoms with Crippen molar-refractivity contribution in [3.63, 3.8) is 0 Å². The summed E-state index contributed by atoms with van der Waals surface area (Å²) >= 11 is 0. The van der Waals surface area contributed by atoms with Crippen LogP contribution in [0.15, 0.2) is 18.2 Å². The molecular formula is C19H28N2O4. The van der Waals surface area contributed by atoms with Crippen molar-refractivity contribution in [3.05, 3.63) is 23.8 Å². The average Bonchev–Trinajstić information content (AvgIpc) is 3.16. The Morgan fingerprint density at radius 1 is 0.960 bits per heavy atom. The molecule has 0 spiro atoms. The lowest BCUT2D eigenvalue weighted by Gasteiger charge is -2.36. The van der Waals surface area contributed by atoms with Gasteiger partial charge in [0.05, 0.1) is 20.3 Å².